The predicted octanol–water partition coefficient (Wildman–Crippen LogP) is 7.76. The van der Waals surface area contributed by atoms with E-state index in [2.05, 4.69) is 90.5 Å². The first kappa shape index (κ1) is 22.0. The monoisotopic (exact) mass is 488 g/mol. The third-order valence-corrected chi connectivity index (χ3v) is 7.63. The number of hydrogen-bond donors (Lipinski definition) is 0. The molecule has 0 spiro atoms. The average Bonchev–Trinajstić information content (AvgIpc) is 3.44. The van der Waals surface area contributed by atoms with Crippen LogP contribution in [0.15, 0.2) is 89.3 Å². The molecule has 178 valence electrons. The number of furan rings is 1. The topological polar surface area (TPSA) is 86.5 Å². The molecule has 0 saturated heterocycles. The second-order valence-corrected chi connectivity index (χ2v) is 10.1. The van der Waals surface area contributed by atoms with Crippen LogP contribution >= 0.6 is 0 Å². The number of hydrogen-bond acceptors (Lipinski definition) is 5. The Morgan fingerprint density at radius 1 is 0.684 bits per heavy atom. The van der Waals surface area contributed by atoms with Gasteiger partial charge >= 0.3 is 0 Å². The van der Waals surface area contributed by atoms with Gasteiger partial charge in [0.25, 0.3) is 0 Å². The molecule has 6 aromatic rings. The maximum absolute atomic E-state index is 9.48. The minimum Gasteiger partial charge on any atom is -0.451 e. The molecule has 7 rings (SSSR count). The summed E-state index contributed by atoms with van der Waals surface area (Å²) in [6, 6.07) is 33.7. The normalized spacial score (nSPS) is 13.2. The largest absolute Gasteiger partial charge is 0.451 e. The van der Waals surface area contributed by atoms with E-state index in [1.54, 1.807) is 0 Å². The summed E-state index contributed by atoms with van der Waals surface area (Å²) in [4.78, 5) is 8.32. The number of fused-ring (bicyclic) bond motifs is 6. The molecule has 1 aliphatic rings. The van der Waals surface area contributed by atoms with Crippen LogP contribution < -0.4 is 0 Å². The standard InChI is InChI=1S/C33H20N4O/c1-33(2)26-9-4-3-8-23(26)24-12-10-22(16-27(24)33)20-7-5-6-19(14-20)21-11-13-29-25(15-21)31-32(38-29)28(17-34)36-30(18-35)37-31/h3-16H,1-2H3. The maximum atomic E-state index is 9.48. The molecule has 1 aliphatic carbocycles. The molecule has 0 unspecified atom stereocenters. The van der Waals surface area contributed by atoms with Crippen LogP contribution in [0.25, 0.3) is 55.4 Å². The molecule has 5 nitrogen and oxygen atoms in total. The lowest BCUT2D eigenvalue weighted by Gasteiger charge is -2.22. The Morgan fingerprint density at radius 2 is 1.39 bits per heavy atom. The van der Waals surface area contributed by atoms with E-state index in [1.165, 1.54) is 27.8 Å². The first-order valence-corrected chi connectivity index (χ1v) is 12.4. The maximum Gasteiger partial charge on any atom is 0.234 e. The van der Waals surface area contributed by atoms with Crippen LogP contribution in [0, 0.1) is 22.7 Å². The van der Waals surface area contributed by atoms with Crippen molar-refractivity contribution < 1.29 is 4.42 Å². The van der Waals surface area contributed by atoms with Crippen LogP contribution in [0.5, 0.6) is 0 Å². The SMILES string of the molecule is CC1(C)c2ccccc2-c2ccc(-c3cccc(-c4ccc5oc6c(C#N)nc(C#N)nc6c5c4)c3)cc21. The molecule has 38 heavy (non-hydrogen) atoms. The van der Waals surface area contributed by atoms with E-state index in [-0.39, 0.29) is 16.9 Å². The van der Waals surface area contributed by atoms with Crippen molar-refractivity contribution in [3.05, 3.63) is 108 Å². The first-order chi connectivity index (χ1) is 18.5. The summed E-state index contributed by atoms with van der Waals surface area (Å²) in [7, 11) is 0. The van der Waals surface area contributed by atoms with Crippen LogP contribution in [0.2, 0.25) is 0 Å². The number of nitrogens with zero attached hydrogens (tertiary/aromatic N) is 4. The fourth-order valence-electron chi connectivity index (χ4n) is 5.71. The summed E-state index contributed by atoms with van der Waals surface area (Å²) in [5.41, 5.74) is 11.1. The van der Waals surface area contributed by atoms with Gasteiger partial charge in [0.2, 0.25) is 5.82 Å². The van der Waals surface area contributed by atoms with Crippen LogP contribution in [0.3, 0.4) is 0 Å². The Balaban J connectivity index is 1.34. The summed E-state index contributed by atoms with van der Waals surface area (Å²) in [6.07, 6.45) is 0. The quantitative estimate of drug-likeness (QED) is 0.249. The van der Waals surface area contributed by atoms with Crippen molar-refractivity contribution in [2.75, 3.05) is 0 Å². The van der Waals surface area contributed by atoms with Gasteiger partial charge in [0, 0.05) is 10.8 Å². The first-order valence-electron chi connectivity index (χ1n) is 12.4. The molecule has 0 aliphatic heterocycles. The minimum atomic E-state index is -0.0562. The van der Waals surface area contributed by atoms with E-state index < -0.39 is 0 Å². The Hall–Kier alpha value is -5.26. The minimum absolute atomic E-state index is 0.0502. The van der Waals surface area contributed by atoms with Crippen molar-refractivity contribution in [1.29, 1.82) is 10.5 Å². The zero-order valence-corrected chi connectivity index (χ0v) is 20.8. The summed E-state index contributed by atoms with van der Waals surface area (Å²) in [5.74, 6) is -0.0502. The van der Waals surface area contributed by atoms with Crippen LogP contribution in [-0.2, 0) is 5.41 Å². The lowest BCUT2D eigenvalue weighted by atomic mass is 9.81. The van der Waals surface area contributed by atoms with Gasteiger partial charge in [0.1, 0.15) is 23.2 Å². The van der Waals surface area contributed by atoms with Gasteiger partial charge in [0.05, 0.1) is 0 Å². The van der Waals surface area contributed by atoms with E-state index >= 15 is 0 Å². The molecule has 0 radical (unpaired) electrons. The van der Waals surface area contributed by atoms with Gasteiger partial charge in [0.15, 0.2) is 11.3 Å². The molecule has 0 N–H and O–H groups in total. The fraction of sp³-hybridized carbons (Fsp3) is 0.0909. The van der Waals surface area contributed by atoms with E-state index in [1.807, 2.05) is 30.3 Å². The van der Waals surface area contributed by atoms with Crippen LogP contribution in [-0.4, -0.2) is 9.97 Å². The van der Waals surface area contributed by atoms with E-state index in [4.69, 9.17) is 4.42 Å². The summed E-state index contributed by atoms with van der Waals surface area (Å²) in [5, 5.41) is 19.6. The van der Waals surface area contributed by atoms with Crippen molar-refractivity contribution in [2.24, 2.45) is 0 Å². The molecular formula is C33H20N4O. The molecule has 2 aromatic heterocycles. The fourth-order valence-corrected chi connectivity index (χ4v) is 5.71. The molecule has 4 aromatic carbocycles. The summed E-state index contributed by atoms with van der Waals surface area (Å²) >= 11 is 0. The Kier molecular flexibility index (Phi) is 4.55. The van der Waals surface area contributed by atoms with Crippen molar-refractivity contribution in [2.45, 2.75) is 19.3 Å². The molecule has 0 fully saturated rings. The van der Waals surface area contributed by atoms with Crippen LogP contribution in [0.4, 0.5) is 0 Å². The highest BCUT2D eigenvalue weighted by molar-refractivity contribution is 6.05. The number of rotatable bonds is 2. The lowest BCUT2D eigenvalue weighted by molar-refractivity contribution is 0.660. The summed E-state index contributed by atoms with van der Waals surface area (Å²) < 4.78 is 5.89. The van der Waals surface area contributed by atoms with Crippen molar-refractivity contribution in [3.63, 3.8) is 0 Å². The third kappa shape index (κ3) is 3.09. The van der Waals surface area contributed by atoms with Gasteiger partial charge in [-0.3, -0.25) is 0 Å². The van der Waals surface area contributed by atoms with Gasteiger partial charge < -0.3 is 4.42 Å². The molecule has 2 heterocycles. The highest BCUT2D eigenvalue weighted by atomic mass is 16.3. The van der Waals surface area contributed by atoms with Gasteiger partial charge in [-0.1, -0.05) is 74.5 Å². The molecule has 0 atom stereocenters. The van der Waals surface area contributed by atoms with Crippen molar-refractivity contribution in [1.82, 2.24) is 9.97 Å². The smallest absolute Gasteiger partial charge is 0.234 e. The average molecular weight is 489 g/mol. The second-order valence-electron chi connectivity index (χ2n) is 10.1. The predicted molar refractivity (Wildman–Crippen MR) is 147 cm³/mol. The highest BCUT2D eigenvalue weighted by Crippen LogP contribution is 2.49. The highest BCUT2D eigenvalue weighted by Gasteiger charge is 2.35. The van der Waals surface area contributed by atoms with Crippen molar-refractivity contribution >= 4 is 22.1 Å². The molecule has 0 bridgehead atoms. The molecule has 0 amide bonds. The lowest BCUT2D eigenvalue weighted by Crippen LogP contribution is -2.14. The third-order valence-electron chi connectivity index (χ3n) is 7.63. The van der Waals surface area contributed by atoms with E-state index in [0.29, 0.717) is 16.7 Å². The van der Waals surface area contributed by atoms with E-state index in [0.717, 1.165) is 22.1 Å². The zero-order chi connectivity index (χ0) is 26.0. The summed E-state index contributed by atoms with van der Waals surface area (Å²) in [6.45, 7) is 4.59. The Bertz CT molecular complexity index is 2040. The molecule has 0 saturated carbocycles. The number of benzene rings is 4. The van der Waals surface area contributed by atoms with Gasteiger partial charge in [-0.25, -0.2) is 9.97 Å². The van der Waals surface area contributed by atoms with Gasteiger partial charge in [-0.2, -0.15) is 10.5 Å². The Morgan fingerprint density at radius 3 is 2.18 bits per heavy atom. The zero-order valence-electron chi connectivity index (χ0n) is 20.8. The number of aromatic nitrogens is 2. The molecular weight excluding hydrogens is 468 g/mol. The van der Waals surface area contributed by atoms with Crippen molar-refractivity contribution in [3.8, 4) is 45.5 Å². The second kappa shape index (κ2) is 7.87. The number of nitriles is 2. The van der Waals surface area contributed by atoms with Gasteiger partial charge in [-0.05, 0) is 68.8 Å². The Labute approximate surface area is 219 Å². The van der Waals surface area contributed by atoms with E-state index in [9.17, 15) is 10.5 Å². The van der Waals surface area contributed by atoms with Gasteiger partial charge in [-0.15, -0.1) is 0 Å². The molecule has 5 heteroatoms. The van der Waals surface area contributed by atoms with Crippen LogP contribution in [0.1, 0.15) is 36.5 Å².